The molecular formula is C8H6BrFO3. The maximum Gasteiger partial charge on any atom is 0.340 e. The van der Waals surface area contributed by atoms with Crippen LogP contribution in [-0.4, -0.2) is 18.2 Å². The number of aromatic hydroxyl groups is 1. The molecule has 0 saturated carbocycles. The maximum absolute atomic E-state index is 13.1. The molecule has 0 fully saturated rings. The summed E-state index contributed by atoms with van der Waals surface area (Å²) in [5.41, 5.74) is -0.289. The third-order valence-corrected chi connectivity index (χ3v) is 2.11. The average molecular weight is 249 g/mol. The van der Waals surface area contributed by atoms with Crippen LogP contribution in [0.1, 0.15) is 10.4 Å². The molecule has 0 aliphatic carbocycles. The van der Waals surface area contributed by atoms with E-state index in [1.165, 1.54) is 12.1 Å². The number of esters is 1. The highest BCUT2D eigenvalue weighted by Gasteiger charge is 2.16. The van der Waals surface area contributed by atoms with E-state index in [0.29, 0.717) is 0 Å². The molecule has 0 aromatic heterocycles. The van der Waals surface area contributed by atoms with E-state index in [1.807, 2.05) is 0 Å². The molecule has 1 rings (SSSR count). The summed E-state index contributed by atoms with van der Waals surface area (Å²) in [5.74, 6) is -2.40. The van der Waals surface area contributed by atoms with Crippen molar-refractivity contribution < 1.29 is 19.0 Å². The third kappa shape index (κ3) is 1.80. The van der Waals surface area contributed by atoms with E-state index in [0.717, 1.165) is 7.11 Å². The number of carbonyl (C=O) groups is 1. The van der Waals surface area contributed by atoms with Gasteiger partial charge < -0.3 is 9.84 Å². The second kappa shape index (κ2) is 3.74. The number of ether oxygens (including phenoxy) is 1. The molecule has 1 aromatic carbocycles. The van der Waals surface area contributed by atoms with Crippen LogP contribution in [0.3, 0.4) is 0 Å². The SMILES string of the molecule is COC(=O)c1ccc(Br)c(O)c1F. The first-order valence-corrected chi connectivity index (χ1v) is 4.12. The van der Waals surface area contributed by atoms with Crippen LogP contribution in [0.2, 0.25) is 0 Å². The van der Waals surface area contributed by atoms with Gasteiger partial charge in [-0.05, 0) is 28.1 Å². The fourth-order valence-corrected chi connectivity index (χ4v) is 1.11. The molecule has 1 aromatic rings. The zero-order valence-corrected chi connectivity index (χ0v) is 8.26. The molecule has 0 aliphatic heterocycles. The number of benzene rings is 1. The van der Waals surface area contributed by atoms with Crippen LogP contribution in [0, 0.1) is 5.82 Å². The number of hydrogen-bond acceptors (Lipinski definition) is 3. The van der Waals surface area contributed by atoms with Crippen LogP contribution in [0.15, 0.2) is 16.6 Å². The first kappa shape index (κ1) is 9.98. The van der Waals surface area contributed by atoms with Gasteiger partial charge in [0.15, 0.2) is 11.6 Å². The van der Waals surface area contributed by atoms with Crippen molar-refractivity contribution in [3.05, 3.63) is 28.0 Å². The molecule has 0 heterocycles. The van der Waals surface area contributed by atoms with Gasteiger partial charge in [0.25, 0.3) is 0 Å². The Morgan fingerprint density at radius 1 is 1.62 bits per heavy atom. The van der Waals surface area contributed by atoms with Gasteiger partial charge in [0.2, 0.25) is 0 Å². The molecule has 0 aliphatic rings. The molecule has 13 heavy (non-hydrogen) atoms. The van der Waals surface area contributed by atoms with Crippen LogP contribution in [0.4, 0.5) is 4.39 Å². The van der Waals surface area contributed by atoms with Crippen molar-refractivity contribution >= 4 is 21.9 Å². The summed E-state index contributed by atoms with van der Waals surface area (Å²) in [5, 5.41) is 9.10. The van der Waals surface area contributed by atoms with Crippen LogP contribution in [0.25, 0.3) is 0 Å². The molecular weight excluding hydrogens is 243 g/mol. The highest BCUT2D eigenvalue weighted by molar-refractivity contribution is 9.10. The van der Waals surface area contributed by atoms with Gasteiger partial charge in [0.1, 0.15) is 0 Å². The Morgan fingerprint density at radius 3 is 2.77 bits per heavy atom. The van der Waals surface area contributed by atoms with Gasteiger partial charge in [-0.15, -0.1) is 0 Å². The van der Waals surface area contributed by atoms with Gasteiger partial charge in [-0.1, -0.05) is 0 Å². The predicted octanol–water partition coefficient (Wildman–Crippen LogP) is 2.08. The second-order valence-electron chi connectivity index (χ2n) is 2.25. The van der Waals surface area contributed by atoms with Gasteiger partial charge >= 0.3 is 5.97 Å². The molecule has 3 nitrogen and oxygen atoms in total. The predicted molar refractivity (Wildman–Crippen MR) is 47.1 cm³/mol. The Balaban J connectivity index is 3.26. The summed E-state index contributed by atoms with van der Waals surface area (Å²) in [6.45, 7) is 0. The zero-order chi connectivity index (χ0) is 10.0. The Hall–Kier alpha value is -1.10. The Morgan fingerprint density at radius 2 is 2.23 bits per heavy atom. The number of methoxy groups -OCH3 is 1. The quantitative estimate of drug-likeness (QED) is 0.775. The Kier molecular flexibility index (Phi) is 2.87. The number of rotatable bonds is 1. The zero-order valence-electron chi connectivity index (χ0n) is 6.67. The summed E-state index contributed by atoms with van der Waals surface area (Å²) >= 11 is 2.91. The van der Waals surface area contributed by atoms with Crippen LogP contribution in [0.5, 0.6) is 5.75 Å². The van der Waals surface area contributed by atoms with E-state index >= 15 is 0 Å². The molecule has 0 unspecified atom stereocenters. The summed E-state index contributed by atoms with van der Waals surface area (Å²) in [7, 11) is 1.14. The molecule has 0 amide bonds. The summed E-state index contributed by atoms with van der Waals surface area (Å²) in [6, 6.07) is 2.59. The molecule has 0 atom stereocenters. The van der Waals surface area contributed by atoms with Crippen molar-refractivity contribution in [2.24, 2.45) is 0 Å². The van der Waals surface area contributed by atoms with Crippen molar-refractivity contribution in [3.63, 3.8) is 0 Å². The van der Waals surface area contributed by atoms with Crippen molar-refractivity contribution in [2.75, 3.05) is 7.11 Å². The monoisotopic (exact) mass is 248 g/mol. The minimum Gasteiger partial charge on any atom is -0.504 e. The highest BCUT2D eigenvalue weighted by Crippen LogP contribution is 2.28. The van der Waals surface area contributed by atoms with E-state index in [1.54, 1.807) is 0 Å². The normalized spacial score (nSPS) is 9.77. The number of hydrogen-bond donors (Lipinski definition) is 1. The minimum absolute atomic E-state index is 0.192. The lowest BCUT2D eigenvalue weighted by molar-refractivity contribution is 0.0594. The molecule has 1 N–H and O–H groups in total. The lowest BCUT2D eigenvalue weighted by Crippen LogP contribution is -2.04. The molecule has 0 saturated heterocycles. The standard InChI is InChI=1S/C8H6BrFO3/c1-13-8(12)4-2-3-5(9)7(11)6(4)10/h2-3,11H,1H3. The summed E-state index contributed by atoms with van der Waals surface area (Å²) < 4.78 is 17.6. The average Bonchev–Trinajstić information content (AvgIpc) is 2.13. The van der Waals surface area contributed by atoms with Gasteiger partial charge in [-0.3, -0.25) is 0 Å². The first-order chi connectivity index (χ1) is 6.07. The van der Waals surface area contributed by atoms with Crippen molar-refractivity contribution in [2.45, 2.75) is 0 Å². The largest absolute Gasteiger partial charge is 0.504 e. The number of phenolic OH excluding ortho intramolecular Hbond substituents is 1. The molecule has 70 valence electrons. The summed E-state index contributed by atoms with van der Waals surface area (Å²) in [4.78, 5) is 10.9. The van der Waals surface area contributed by atoms with E-state index < -0.39 is 17.5 Å². The van der Waals surface area contributed by atoms with Crippen LogP contribution in [-0.2, 0) is 4.74 Å². The topological polar surface area (TPSA) is 46.5 Å². The second-order valence-corrected chi connectivity index (χ2v) is 3.10. The Labute approximate surface area is 82.3 Å². The maximum atomic E-state index is 13.1. The molecule has 5 heteroatoms. The van der Waals surface area contributed by atoms with Crippen molar-refractivity contribution in [1.82, 2.24) is 0 Å². The fourth-order valence-electron chi connectivity index (χ4n) is 0.809. The van der Waals surface area contributed by atoms with Gasteiger partial charge in [-0.25, -0.2) is 9.18 Å². The molecule has 0 spiro atoms. The number of halogens is 2. The van der Waals surface area contributed by atoms with Gasteiger partial charge in [0, 0.05) is 0 Å². The van der Waals surface area contributed by atoms with Gasteiger partial charge in [-0.2, -0.15) is 0 Å². The lowest BCUT2D eigenvalue weighted by atomic mass is 10.2. The van der Waals surface area contributed by atoms with E-state index in [2.05, 4.69) is 20.7 Å². The smallest absolute Gasteiger partial charge is 0.340 e. The highest BCUT2D eigenvalue weighted by atomic mass is 79.9. The van der Waals surface area contributed by atoms with Crippen LogP contribution >= 0.6 is 15.9 Å². The molecule has 0 radical (unpaired) electrons. The number of phenols is 1. The Bertz CT molecular complexity index is 351. The number of carbonyl (C=O) groups excluding carboxylic acids is 1. The van der Waals surface area contributed by atoms with Crippen molar-refractivity contribution in [1.29, 1.82) is 0 Å². The molecule has 0 bridgehead atoms. The fraction of sp³-hybridized carbons (Fsp3) is 0.125. The minimum atomic E-state index is -0.985. The first-order valence-electron chi connectivity index (χ1n) is 3.33. The third-order valence-electron chi connectivity index (χ3n) is 1.47. The van der Waals surface area contributed by atoms with E-state index in [-0.39, 0.29) is 10.0 Å². The lowest BCUT2D eigenvalue weighted by Gasteiger charge is -2.03. The summed E-state index contributed by atoms with van der Waals surface area (Å²) in [6.07, 6.45) is 0. The van der Waals surface area contributed by atoms with E-state index in [9.17, 15) is 9.18 Å². The van der Waals surface area contributed by atoms with E-state index in [4.69, 9.17) is 5.11 Å². The van der Waals surface area contributed by atoms with Crippen molar-refractivity contribution in [3.8, 4) is 5.75 Å². The van der Waals surface area contributed by atoms with Crippen LogP contribution < -0.4 is 0 Å². The van der Waals surface area contributed by atoms with Gasteiger partial charge in [0.05, 0.1) is 17.1 Å².